The van der Waals surface area contributed by atoms with Crippen molar-refractivity contribution < 1.29 is 14.3 Å². The molecule has 21 heavy (non-hydrogen) atoms. The van der Waals surface area contributed by atoms with Crippen molar-refractivity contribution >= 4 is 29.0 Å². The number of hydrogen-bond donors (Lipinski definition) is 0. The average Bonchev–Trinajstić information content (AvgIpc) is 3.00. The van der Waals surface area contributed by atoms with Gasteiger partial charge in [0.1, 0.15) is 11.6 Å². The van der Waals surface area contributed by atoms with Gasteiger partial charge in [-0.3, -0.25) is 9.59 Å². The Bertz CT molecular complexity index is 669. The maximum absolute atomic E-state index is 12.3. The Labute approximate surface area is 126 Å². The lowest BCUT2D eigenvalue weighted by atomic mass is 9.95. The minimum Gasteiger partial charge on any atom is -0.468 e. The molecule has 3 rings (SSSR count). The molecule has 108 valence electrons. The third-order valence-corrected chi connectivity index (χ3v) is 4.16. The number of hydrogen-bond acceptors (Lipinski definition) is 6. The number of ketones is 1. The number of anilines is 1. The maximum atomic E-state index is 12.3. The van der Waals surface area contributed by atoms with Crippen LogP contribution < -0.4 is 4.90 Å². The summed E-state index contributed by atoms with van der Waals surface area (Å²) in [6, 6.07) is 9.92. The maximum Gasteiger partial charge on any atom is 0.318 e. The molecule has 0 spiro atoms. The van der Waals surface area contributed by atoms with Gasteiger partial charge in [0.05, 0.1) is 12.8 Å². The molecule has 0 saturated carbocycles. The van der Waals surface area contributed by atoms with Crippen molar-refractivity contribution in [2.45, 2.75) is 6.54 Å². The Morgan fingerprint density at radius 2 is 2.19 bits per heavy atom. The number of rotatable bonds is 3. The van der Waals surface area contributed by atoms with E-state index in [0.717, 1.165) is 11.3 Å². The third-order valence-electron chi connectivity index (χ3n) is 3.55. The number of esters is 1. The summed E-state index contributed by atoms with van der Waals surface area (Å²) in [5.74, 6) is -1.55. The highest BCUT2D eigenvalue weighted by molar-refractivity contribution is 7.04. The van der Waals surface area contributed by atoms with Crippen LogP contribution in [0.1, 0.15) is 16.1 Å². The highest BCUT2D eigenvalue weighted by Crippen LogP contribution is 2.32. The summed E-state index contributed by atoms with van der Waals surface area (Å²) in [6.45, 7) is 0.957. The van der Waals surface area contributed by atoms with Crippen molar-refractivity contribution in [3.63, 3.8) is 0 Å². The first-order valence-electron chi connectivity index (χ1n) is 6.56. The summed E-state index contributed by atoms with van der Waals surface area (Å²) < 4.78 is 8.88. The van der Waals surface area contributed by atoms with Crippen LogP contribution in [0.5, 0.6) is 0 Å². The number of nitrogens with zero attached hydrogens (tertiary/aromatic N) is 2. The summed E-state index contributed by atoms with van der Waals surface area (Å²) in [4.78, 5) is 26.1. The third kappa shape index (κ3) is 2.54. The molecule has 1 atom stereocenters. The van der Waals surface area contributed by atoms with Gasteiger partial charge in [-0.1, -0.05) is 30.3 Å². The molecule has 2 aromatic rings. The van der Waals surface area contributed by atoms with Crippen LogP contribution >= 0.6 is 11.5 Å². The molecule has 6 heteroatoms. The molecule has 0 aliphatic carbocycles. The Balaban J connectivity index is 1.92. The number of benzene rings is 1. The highest BCUT2D eigenvalue weighted by Gasteiger charge is 2.39. The van der Waals surface area contributed by atoms with E-state index in [9.17, 15) is 9.59 Å². The zero-order valence-electron chi connectivity index (χ0n) is 11.5. The first-order chi connectivity index (χ1) is 10.2. The van der Waals surface area contributed by atoms with E-state index in [1.807, 2.05) is 40.6 Å². The van der Waals surface area contributed by atoms with Crippen molar-refractivity contribution in [3.05, 3.63) is 47.0 Å². The standard InChI is InChI=1S/C15H14N2O3S/c1-20-15(19)11-8-17(7-10-5-3-2-4-6-10)12-9-21-16-13(12)14(11)18/h2-6,9,11H,7-8H2,1H3. The highest BCUT2D eigenvalue weighted by atomic mass is 32.1. The zero-order chi connectivity index (χ0) is 14.8. The summed E-state index contributed by atoms with van der Waals surface area (Å²) in [5.41, 5.74) is 2.29. The minimum absolute atomic E-state index is 0.248. The van der Waals surface area contributed by atoms with E-state index in [4.69, 9.17) is 4.74 Å². The summed E-state index contributed by atoms with van der Waals surface area (Å²) >= 11 is 1.23. The predicted molar refractivity (Wildman–Crippen MR) is 79.4 cm³/mol. The lowest BCUT2D eigenvalue weighted by Crippen LogP contribution is -2.42. The van der Waals surface area contributed by atoms with Crippen molar-refractivity contribution in [1.29, 1.82) is 0 Å². The fourth-order valence-corrected chi connectivity index (χ4v) is 3.17. The summed E-state index contributed by atoms with van der Waals surface area (Å²) in [6.07, 6.45) is 0. The van der Waals surface area contributed by atoms with Gasteiger partial charge in [0.15, 0.2) is 5.78 Å². The normalized spacial score (nSPS) is 17.5. The van der Waals surface area contributed by atoms with Gasteiger partial charge in [0, 0.05) is 18.5 Å². The smallest absolute Gasteiger partial charge is 0.318 e. The summed E-state index contributed by atoms with van der Waals surface area (Å²) in [7, 11) is 1.30. The monoisotopic (exact) mass is 302 g/mol. The number of ether oxygens (including phenoxy) is 1. The molecule has 2 heterocycles. The molecule has 5 nitrogen and oxygen atoms in total. The molecule has 0 radical (unpaired) electrons. The molecule has 0 N–H and O–H groups in total. The van der Waals surface area contributed by atoms with E-state index in [1.165, 1.54) is 18.6 Å². The van der Waals surface area contributed by atoms with Crippen LogP contribution in [0.25, 0.3) is 0 Å². The number of carbonyl (C=O) groups excluding carboxylic acids is 2. The molecule has 0 amide bonds. The van der Waals surface area contributed by atoms with Gasteiger partial charge in [-0.05, 0) is 17.1 Å². The van der Waals surface area contributed by atoms with Crippen molar-refractivity contribution in [2.24, 2.45) is 5.92 Å². The summed E-state index contributed by atoms with van der Waals surface area (Å²) in [5, 5.41) is 1.85. The molecule has 1 aromatic heterocycles. The van der Waals surface area contributed by atoms with Crippen LogP contribution in [0.2, 0.25) is 0 Å². The molecule has 1 unspecified atom stereocenters. The van der Waals surface area contributed by atoms with Crippen LogP contribution in [-0.4, -0.2) is 29.8 Å². The Morgan fingerprint density at radius 3 is 2.90 bits per heavy atom. The minimum atomic E-state index is -0.798. The van der Waals surface area contributed by atoms with E-state index in [2.05, 4.69) is 4.37 Å². The fraction of sp³-hybridized carbons (Fsp3) is 0.267. The van der Waals surface area contributed by atoms with E-state index in [-0.39, 0.29) is 5.78 Å². The molecular formula is C15H14N2O3S. The predicted octanol–water partition coefficient (Wildman–Crippen LogP) is 2.14. The van der Waals surface area contributed by atoms with Crippen molar-refractivity contribution in [3.8, 4) is 0 Å². The van der Waals surface area contributed by atoms with Crippen molar-refractivity contribution in [2.75, 3.05) is 18.6 Å². The fourth-order valence-electron chi connectivity index (χ4n) is 2.47. The van der Waals surface area contributed by atoms with E-state index < -0.39 is 11.9 Å². The van der Waals surface area contributed by atoms with E-state index >= 15 is 0 Å². The van der Waals surface area contributed by atoms with Gasteiger partial charge in [-0.2, -0.15) is 4.37 Å². The second-order valence-electron chi connectivity index (χ2n) is 4.85. The second kappa shape index (κ2) is 5.65. The van der Waals surface area contributed by atoms with Crippen LogP contribution in [0.4, 0.5) is 5.69 Å². The number of aromatic nitrogens is 1. The topological polar surface area (TPSA) is 59.5 Å². The number of methoxy groups -OCH3 is 1. The molecule has 0 saturated heterocycles. The number of carbonyl (C=O) groups is 2. The first kappa shape index (κ1) is 13.8. The average molecular weight is 302 g/mol. The lowest BCUT2D eigenvalue weighted by molar-refractivity contribution is -0.143. The van der Waals surface area contributed by atoms with E-state index in [1.54, 1.807) is 0 Å². The van der Waals surface area contributed by atoms with Crippen LogP contribution in [-0.2, 0) is 16.1 Å². The second-order valence-corrected chi connectivity index (χ2v) is 5.48. The largest absolute Gasteiger partial charge is 0.468 e. The van der Waals surface area contributed by atoms with Gasteiger partial charge < -0.3 is 9.64 Å². The van der Waals surface area contributed by atoms with E-state index in [0.29, 0.717) is 18.8 Å². The van der Waals surface area contributed by atoms with Gasteiger partial charge in [-0.25, -0.2) is 0 Å². The van der Waals surface area contributed by atoms with Gasteiger partial charge >= 0.3 is 5.97 Å². The van der Waals surface area contributed by atoms with Crippen LogP contribution in [0.3, 0.4) is 0 Å². The SMILES string of the molecule is COC(=O)C1CN(Cc2ccccc2)c2csnc2C1=O. The number of Topliss-reactive ketones (excluding diaryl/α,β-unsaturated/α-hetero) is 1. The molecule has 1 aliphatic heterocycles. The molecule has 1 aromatic carbocycles. The zero-order valence-corrected chi connectivity index (χ0v) is 12.3. The quantitative estimate of drug-likeness (QED) is 0.642. The van der Waals surface area contributed by atoms with Crippen molar-refractivity contribution in [1.82, 2.24) is 4.37 Å². The molecular weight excluding hydrogens is 288 g/mol. The Morgan fingerprint density at radius 1 is 1.43 bits per heavy atom. The molecule has 1 aliphatic rings. The Hall–Kier alpha value is -2.21. The van der Waals surface area contributed by atoms with Gasteiger partial charge in [-0.15, -0.1) is 0 Å². The lowest BCUT2D eigenvalue weighted by Gasteiger charge is -2.31. The molecule has 0 bridgehead atoms. The Kier molecular flexibility index (Phi) is 3.70. The van der Waals surface area contributed by atoms with Crippen LogP contribution in [0.15, 0.2) is 35.7 Å². The number of fused-ring (bicyclic) bond motifs is 1. The van der Waals surface area contributed by atoms with Gasteiger partial charge in [0.25, 0.3) is 0 Å². The van der Waals surface area contributed by atoms with Gasteiger partial charge in [0.2, 0.25) is 0 Å². The first-order valence-corrected chi connectivity index (χ1v) is 7.39. The van der Waals surface area contributed by atoms with Crippen LogP contribution in [0, 0.1) is 5.92 Å². The molecule has 0 fully saturated rings.